The first-order valence-corrected chi connectivity index (χ1v) is 7.83. The van der Waals surface area contributed by atoms with Crippen molar-refractivity contribution in [3.63, 3.8) is 0 Å². The standard InChI is InChI=1S/C17H17Cl2NO/c18-14-8-11-5-6-21-17(11)12(9-14)7-13(10-20)15-3-1-2-4-16(15)19/h1-4,8-9,13H,5-7,10,20H2. The first-order chi connectivity index (χ1) is 10.2. The van der Waals surface area contributed by atoms with Crippen LogP contribution in [0.1, 0.15) is 22.6 Å². The average molecular weight is 322 g/mol. The lowest BCUT2D eigenvalue weighted by Crippen LogP contribution is -2.16. The van der Waals surface area contributed by atoms with Crippen LogP contribution >= 0.6 is 23.2 Å². The molecule has 2 aromatic carbocycles. The van der Waals surface area contributed by atoms with Gasteiger partial charge in [0.15, 0.2) is 0 Å². The zero-order valence-corrected chi connectivity index (χ0v) is 13.1. The maximum Gasteiger partial charge on any atom is 0.125 e. The Bertz CT molecular complexity index is 657. The topological polar surface area (TPSA) is 35.2 Å². The molecular formula is C17H17Cl2NO. The quantitative estimate of drug-likeness (QED) is 0.915. The lowest BCUT2D eigenvalue weighted by molar-refractivity contribution is 0.352. The summed E-state index contributed by atoms with van der Waals surface area (Å²) in [6.45, 7) is 1.26. The number of hydrogen-bond donors (Lipinski definition) is 1. The summed E-state index contributed by atoms with van der Waals surface area (Å²) in [7, 11) is 0. The first-order valence-electron chi connectivity index (χ1n) is 7.07. The molecule has 0 spiro atoms. The minimum atomic E-state index is 0.158. The van der Waals surface area contributed by atoms with Gasteiger partial charge in [-0.25, -0.2) is 0 Å². The van der Waals surface area contributed by atoms with Gasteiger partial charge in [-0.1, -0.05) is 41.4 Å². The second-order valence-electron chi connectivity index (χ2n) is 5.31. The van der Waals surface area contributed by atoms with E-state index in [2.05, 4.69) is 0 Å². The van der Waals surface area contributed by atoms with E-state index in [1.165, 1.54) is 5.56 Å². The van der Waals surface area contributed by atoms with E-state index in [4.69, 9.17) is 33.7 Å². The van der Waals surface area contributed by atoms with Crippen LogP contribution in [0.5, 0.6) is 5.75 Å². The average Bonchev–Trinajstić information content (AvgIpc) is 2.93. The number of rotatable bonds is 4. The first kappa shape index (κ1) is 14.7. The number of nitrogens with two attached hydrogens (primary N) is 1. The fourth-order valence-electron chi connectivity index (χ4n) is 2.89. The monoisotopic (exact) mass is 321 g/mol. The fourth-order valence-corrected chi connectivity index (χ4v) is 3.44. The normalized spacial score (nSPS) is 14.6. The molecule has 0 bridgehead atoms. The molecule has 2 nitrogen and oxygen atoms in total. The second kappa shape index (κ2) is 6.27. The van der Waals surface area contributed by atoms with Crippen LogP contribution < -0.4 is 10.5 Å². The highest BCUT2D eigenvalue weighted by atomic mass is 35.5. The van der Waals surface area contributed by atoms with Gasteiger partial charge in [0.1, 0.15) is 5.75 Å². The summed E-state index contributed by atoms with van der Waals surface area (Å²) in [5, 5.41) is 1.51. The predicted molar refractivity (Wildman–Crippen MR) is 87.6 cm³/mol. The van der Waals surface area contributed by atoms with Crippen LogP contribution in [0.25, 0.3) is 0 Å². The van der Waals surface area contributed by atoms with Crippen molar-refractivity contribution in [2.24, 2.45) is 5.73 Å². The molecule has 1 heterocycles. The molecule has 0 aromatic heterocycles. The van der Waals surface area contributed by atoms with Crippen molar-refractivity contribution in [3.8, 4) is 5.75 Å². The Kier molecular flexibility index (Phi) is 4.39. The van der Waals surface area contributed by atoms with Crippen LogP contribution in [0.15, 0.2) is 36.4 Å². The number of ether oxygens (including phenoxy) is 1. The van der Waals surface area contributed by atoms with Crippen LogP contribution in [0.3, 0.4) is 0 Å². The molecule has 1 aliphatic rings. The van der Waals surface area contributed by atoms with Gasteiger partial charge in [-0.05, 0) is 47.9 Å². The summed E-state index contributed by atoms with van der Waals surface area (Å²) in [6, 6.07) is 11.8. The third kappa shape index (κ3) is 3.03. The van der Waals surface area contributed by atoms with Crippen molar-refractivity contribution in [1.82, 2.24) is 0 Å². The van der Waals surface area contributed by atoms with Crippen molar-refractivity contribution in [3.05, 3.63) is 63.1 Å². The van der Waals surface area contributed by atoms with E-state index in [0.29, 0.717) is 6.54 Å². The number of fused-ring (bicyclic) bond motifs is 1. The van der Waals surface area contributed by atoms with Crippen LogP contribution in [-0.2, 0) is 12.8 Å². The molecule has 3 rings (SSSR count). The molecule has 0 aliphatic carbocycles. The SMILES string of the molecule is NCC(Cc1cc(Cl)cc2c1OCC2)c1ccccc1Cl. The third-order valence-electron chi connectivity index (χ3n) is 3.92. The zero-order valence-electron chi connectivity index (χ0n) is 11.6. The molecular weight excluding hydrogens is 305 g/mol. The Hall–Kier alpha value is -1.22. The van der Waals surface area contributed by atoms with E-state index < -0.39 is 0 Å². The van der Waals surface area contributed by atoms with Gasteiger partial charge < -0.3 is 10.5 Å². The van der Waals surface area contributed by atoms with Gasteiger partial charge in [-0.3, -0.25) is 0 Å². The number of halogens is 2. The summed E-state index contributed by atoms with van der Waals surface area (Å²) < 4.78 is 5.76. The predicted octanol–water partition coefficient (Wildman–Crippen LogP) is 4.21. The van der Waals surface area contributed by atoms with Gasteiger partial charge in [0.2, 0.25) is 0 Å². The van der Waals surface area contributed by atoms with Gasteiger partial charge in [0.05, 0.1) is 6.61 Å². The van der Waals surface area contributed by atoms with Crippen LogP contribution in [-0.4, -0.2) is 13.2 Å². The number of benzene rings is 2. The molecule has 21 heavy (non-hydrogen) atoms. The van der Waals surface area contributed by atoms with Gasteiger partial charge in [-0.2, -0.15) is 0 Å². The highest BCUT2D eigenvalue weighted by molar-refractivity contribution is 6.31. The van der Waals surface area contributed by atoms with E-state index in [1.54, 1.807) is 0 Å². The molecule has 2 aromatic rings. The van der Waals surface area contributed by atoms with Crippen molar-refractivity contribution in [2.75, 3.05) is 13.2 Å². The molecule has 0 saturated carbocycles. The smallest absolute Gasteiger partial charge is 0.125 e. The molecule has 1 unspecified atom stereocenters. The molecule has 0 amide bonds. The van der Waals surface area contributed by atoms with Crippen molar-refractivity contribution >= 4 is 23.2 Å². The zero-order chi connectivity index (χ0) is 14.8. The Morgan fingerprint density at radius 2 is 2.00 bits per heavy atom. The van der Waals surface area contributed by atoms with Crippen LogP contribution in [0.2, 0.25) is 10.0 Å². The van der Waals surface area contributed by atoms with E-state index in [9.17, 15) is 0 Å². The Labute approximate surface area is 134 Å². The molecule has 2 N–H and O–H groups in total. The van der Waals surface area contributed by atoms with E-state index >= 15 is 0 Å². The summed E-state index contributed by atoms with van der Waals surface area (Å²) in [5.41, 5.74) is 9.35. The molecule has 110 valence electrons. The van der Waals surface area contributed by atoms with E-state index in [1.807, 2.05) is 36.4 Å². The minimum absolute atomic E-state index is 0.158. The summed E-state index contributed by atoms with van der Waals surface area (Å²) in [6.07, 6.45) is 1.70. The highest BCUT2D eigenvalue weighted by Crippen LogP contribution is 2.36. The minimum Gasteiger partial charge on any atom is -0.493 e. The molecule has 1 atom stereocenters. The van der Waals surface area contributed by atoms with Gasteiger partial charge in [-0.15, -0.1) is 0 Å². The number of hydrogen-bond acceptors (Lipinski definition) is 2. The van der Waals surface area contributed by atoms with Crippen LogP contribution in [0.4, 0.5) is 0 Å². The van der Waals surface area contributed by atoms with Crippen molar-refractivity contribution < 1.29 is 4.74 Å². The summed E-state index contributed by atoms with van der Waals surface area (Å²) in [5.74, 6) is 1.13. The Morgan fingerprint density at radius 1 is 1.19 bits per heavy atom. The lowest BCUT2D eigenvalue weighted by atomic mass is 9.91. The van der Waals surface area contributed by atoms with Gasteiger partial charge >= 0.3 is 0 Å². The van der Waals surface area contributed by atoms with Crippen molar-refractivity contribution in [1.29, 1.82) is 0 Å². The van der Waals surface area contributed by atoms with Gasteiger partial charge in [0, 0.05) is 22.4 Å². The maximum atomic E-state index is 6.30. The van der Waals surface area contributed by atoms with Crippen molar-refractivity contribution in [2.45, 2.75) is 18.8 Å². The molecule has 0 fully saturated rings. The third-order valence-corrected chi connectivity index (χ3v) is 4.48. The lowest BCUT2D eigenvalue weighted by Gasteiger charge is -2.18. The summed E-state index contributed by atoms with van der Waals surface area (Å²) >= 11 is 12.5. The van der Waals surface area contributed by atoms with Gasteiger partial charge in [0.25, 0.3) is 0 Å². The largest absolute Gasteiger partial charge is 0.493 e. The fraction of sp³-hybridized carbons (Fsp3) is 0.294. The molecule has 4 heteroatoms. The molecule has 0 radical (unpaired) electrons. The van der Waals surface area contributed by atoms with E-state index in [0.717, 1.165) is 46.4 Å². The molecule has 1 aliphatic heterocycles. The van der Waals surface area contributed by atoms with Crippen LogP contribution in [0, 0.1) is 0 Å². The Balaban J connectivity index is 1.94. The molecule has 0 saturated heterocycles. The second-order valence-corrected chi connectivity index (χ2v) is 6.15. The Morgan fingerprint density at radius 3 is 2.76 bits per heavy atom. The maximum absolute atomic E-state index is 6.30. The van der Waals surface area contributed by atoms with E-state index in [-0.39, 0.29) is 5.92 Å². The highest BCUT2D eigenvalue weighted by Gasteiger charge is 2.21. The summed E-state index contributed by atoms with van der Waals surface area (Å²) in [4.78, 5) is 0.